The van der Waals surface area contributed by atoms with Crippen molar-refractivity contribution in [3.63, 3.8) is 0 Å². The van der Waals surface area contributed by atoms with E-state index in [4.69, 9.17) is 0 Å². The molecular weight excluding hydrogens is 866 g/mol. The first-order valence-electron chi connectivity index (χ1n) is 14.7. The molecule has 0 nitrogen and oxygen atoms in total. The van der Waals surface area contributed by atoms with Crippen LogP contribution in [0.2, 0.25) is 5.32 Å². The molecule has 1 aliphatic rings. The summed E-state index contributed by atoms with van der Waals surface area (Å²) >= 11 is 11.6. The van der Waals surface area contributed by atoms with Crippen molar-refractivity contribution in [2.75, 3.05) is 0 Å². The third-order valence-electron chi connectivity index (χ3n) is 7.88. The van der Waals surface area contributed by atoms with Crippen LogP contribution in [0.4, 0.5) is 0 Å². The van der Waals surface area contributed by atoms with E-state index in [0.717, 1.165) is 19.8 Å². The molecule has 2 unspecified atom stereocenters. The molecule has 0 aliphatic heterocycles. The quantitative estimate of drug-likeness (QED) is 0.129. The molecule has 0 aromatic heterocycles. The molecule has 44 heavy (non-hydrogen) atoms. The normalized spacial score (nSPS) is 16.3. The Balaban J connectivity index is 1.55. The molecule has 0 amide bonds. The second kappa shape index (κ2) is 15.6. The first-order chi connectivity index (χ1) is 21.5. The van der Waals surface area contributed by atoms with Crippen molar-refractivity contribution in [2.24, 2.45) is 11.8 Å². The number of benzene rings is 5. The Labute approximate surface area is 299 Å². The Kier molecular flexibility index (Phi) is 11.3. The van der Waals surface area contributed by atoms with Gasteiger partial charge in [-0.05, 0) is 0 Å². The molecule has 6 rings (SSSR count). The maximum atomic E-state index is 3.69. The first kappa shape index (κ1) is 32.0. The predicted molar refractivity (Wildman–Crippen MR) is 201 cm³/mol. The van der Waals surface area contributed by atoms with E-state index in [0.29, 0.717) is 26.8 Å². The molecule has 5 aromatic carbocycles. The molecule has 0 saturated carbocycles. The molecule has 0 spiro atoms. The second-order valence-electron chi connectivity index (χ2n) is 10.8. The van der Waals surface area contributed by atoms with Gasteiger partial charge in [0, 0.05) is 0 Å². The average molecular weight is 897 g/mol. The Bertz CT molecular complexity index is 1680. The van der Waals surface area contributed by atoms with Crippen molar-refractivity contribution in [1.82, 2.24) is 0 Å². The van der Waals surface area contributed by atoms with Gasteiger partial charge < -0.3 is 0 Å². The summed E-state index contributed by atoms with van der Waals surface area (Å²) in [5.41, 5.74) is 6.74. The minimum absolute atomic E-state index is 0.137. The van der Waals surface area contributed by atoms with Crippen LogP contribution in [-0.2, 0) is 0 Å². The van der Waals surface area contributed by atoms with Crippen LogP contribution in [-0.4, -0.2) is 29.9 Å². The first-order valence-corrected chi connectivity index (χ1v) is 20.8. The molecule has 0 bridgehead atoms. The van der Waals surface area contributed by atoms with Crippen molar-refractivity contribution in [3.8, 4) is 0 Å². The molecule has 0 radical (unpaired) electrons. The Hall–Kier alpha value is -1.94. The predicted octanol–water partition coefficient (Wildman–Crippen LogP) is 10.3. The van der Waals surface area contributed by atoms with Gasteiger partial charge in [-0.1, -0.05) is 0 Å². The monoisotopic (exact) mass is 896 g/mol. The van der Waals surface area contributed by atoms with Crippen LogP contribution in [0, 0.1) is 11.8 Å². The molecule has 2 atom stereocenters. The van der Waals surface area contributed by atoms with E-state index >= 15 is 0 Å². The number of hydrogen-bond acceptors (Lipinski definition) is 0. The summed E-state index contributed by atoms with van der Waals surface area (Å²) in [5.74, 6) is 0.923. The Morgan fingerprint density at radius 2 is 1.09 bits per heavy atom. The van der Waals surface area contributed by atoms with E-state index in [2.05, 4.69) is 187 Å². The molecule has 5 heteroatoms. The van der Waals surface area contributed by atoms with Gasteiger partial charge in [0.25, 0.3) is 0 Å². The van der Waals surface area contributed by atoms with Crippen LogP contribution < -0.4 is 8.92 Å². The number of rotatable bonds is 9. The molecule has 0 saturated heterocycles. The van der Waals surface area contributed by atoms with E-state index in [-0.39, 0.29) is 15.0 Å². The minimum atomic E-state index is 0.137. The maximum absolute atomic E-state index is 3.69. The molecular formula is C39H31Br3Se2. The summed E-state index contributed by atoms with van der Waals surface area (Å²) in [6.07, 6.45) is 4.96. The van der Waals surface area contributed by atoms with Crippen molar-refractivity contribution in [3.05, 3.63) is 174 Å². The van der Waals surface area contributed by atoms with Crippen molar-refractivity contribution in [1.29, 1.82) is 0 Å². The summed E-state index contributed by atoms with van der Waals surface area (Å²) in [4.78, 5) is 0. The van der Waals surface area contributed by atoms with E-state index < -0.39 is 0 Å². The zero-order chi connectivity index (χ0) is 30.3. The van der Waals surface area contributed by atoms with Crippen LogP contribution in [0.5, 0.6) is 0 Å². The van der Waals surface area contributed by atoms with Gasteiger partial charge in [-0.2, -0.15) is 0 Å². The molecule has 1 aliphatic carbocycles. The molecule has 0 heterocycles. The van der Waals surface area contributed by atoms with Gasteiger partial charge in [0.1, 0.15) is 0 Å². The fourth-order valence-electron chi connectivity index (χ4n) is 5.64. The second-order valence-corrected chi connectivity index (χ2v) is 18.2. The average Bonchev–Trinajstić information content (AvgIpc) is 3.06. The standard InChI is InChI=1S/C39H31Br3Se2/c40-32-19-13-27(14-20-32)30-11-12-31(26-43-35-7-3-1-4-8-35)37(25-30)39(44-36-9-5-2-6-10-36)38(28-15-21-33(41)22-16-28)29-17-23-34(42)24-18-29/h1-10,13-25,31,37H,11-12,26H2. The van der Waals surface area contributed by atoms with Crippen LogP contribution in [0.3, 0.4) is 0 Å². The van der Waals surface area contributed by atoms with Gasteiger partial charge in [-0.3, -0.25) is 0 Å². The molecule has 0 N–H and O–H groups in total. The third-order valence-corrected chi connectivity index (χ3v) is 14.5. The summed E-state index contributed by atoms with van der Waals surface area (Å²) in [7, 11) is 0. The van der Waals surface area contributed by atoms with Gasteiger partial charge in [-0.25, -0.2) is 0 Å². The summed E-state index contributed by atoms with van der Waals surface area (Å²) in [6.45, 7) is 0. The fraction of sp³-hybridized carbons (Fsp3) is 0.128. The van der Waals surface area contributed by atoms with E-state index in [1.54, 1.807) is 4.47 Å². The van der Waals surface area contributed by atoms with Gasteiger partial charge >= 0.3 is 302 Å². The molecule has 5 aromatic rings. The van der Waals surface area contributed by atoms with Gasteiger partial charge in [-0.15, -0.1) is 0 Å². The van der Waals surface area contributed by atoms with Crippen LogP contribution in [0.25, 0.3) is 11.1 Å². The van der Waals surface area contributed by atoms with Crippen molar-refractivity contribution < 1.29 is 0 Å². The van der Waals surface area contributed by atoms with Crippen LogP contribution in [0.15, 0.2) is 157 Å². The van der Waals surface area contributed by atoms with E-state index in [9.17, 15) is 0 Å². The molecule has 0 fully saturated rings. The van der Waals surface area contributed by atoms with E-state index in [1.807, 2.05) is 0 Å². The Morgan fingerprint density at radius 1 is 0.591 bits per heavy atom. The SMILES string of the molecule is Brc1ccc(C2=CC(C([Se]c3ccccc3)=C(c3ccc(Br)cc3)c3ccc(Br)cc3)C(C[Se]c3ccccc3)CC2)cc1. The molecule has 220 valence electrons. The Morgan fingerprint density at radius 3 is 1.64 bits per heavy atom. The van der Waals surface area contributed by atoms with Gasteiger partial charge in [0.2, 0.25) is 0 Å². The third kappa shape index (κ3) is 8.25. The zero-order valence-corrected chi connectivity index (χ0v) is 32.2. The topological polar surface area (TPSA) is 0 Å². The van der Waals surface area contributed by atoms with E-state index in [1.165, 1.54) is 48.5 Å². The summed E-state index contributed by atoms with van der Waals surface area (Å²) in [6, 6.07) is 49.0. The van der Waals surface area contributed by atoms with Crippen LogP contribution >= 0.6 is 47.8 Å². The summed E-state index contributed by atoms with van der Waals surface area (Å²) in [5, 5.41) is 1.23. The van der Waals surface area contributed by atoms with Gasteiger partial charge in [0.05, 0.1) is 0 Å². The van der Waals surface area contributed by atoms with Crippen molar-refractivity contribution >= 4 is 97.8 Å². The van der Waals surface area contributed by atoms with Crippen LogP contribution in [0.1, 0.15) is 29.5 Å². The number of allylic oxidation sites excluding steroid dienone is 3. The fourth-order valence-corrected chi connectivity index (χ4v) is 11.5. The number of hydrogen-bond donors (Lipinski definition) is 0. The van der Waals surface area contributed by atoms with Crippen molar-refractivity contribution in [2.45, 2.75) is 18.2 Å². The van der Waals surface area contributed by atoms with Gasteiger partial charge in [0.15, 0.2) is 0 Å². The summed E-state index contributed by atoms with van der Waals surface area (Å²) < 4.78 is 7.80. The number of halogens is 3. The zero-order valence-electron chi connectivity index (χ0n) is 24.0.